The van der Waals surface area contributed by atoms with Gasteiger partial charge in [0.15, 0.2) is 11.5 Å². The molecule has 2 aromatic rings. The molecule has 0 heterocycles. The van der Waals surface area contributed by atoms with E-state index in [9.17, 15) is 19.7 Å². The van der Waals surface area contributed by atoms with Crippen LogP contribution in [0, 0.1) is 21.4 Å². The second-order valence-electron chi connectivity index (χ2n) is 5.61. The summed E-state index contributed by atoms with van der Waals surface area (Å²) in [6.45, 7) is 1.74. The lowest BCUT2D eigenvalue weighted by Gasteiger charge is -2.11. The van der Waals surface area contributed by atoms with Gasteiger partial charge in [0.1, 0.15) is 11.6 Å². The first-order valence-corrected chi connectivity index (χ1v) is 8.81. The Morgan fingerprint density at radius 3 is 2.57 bits per heavy atom. The number of hydrogen-bond acceptors (Lipinski definition) is 8. The second kappa shape index (κ2) is 10.0. The summed E-state index contributed by atoms with van der Waals surface area (Å²) in [5, 5.41) is 20.0. The number of rotatable bonds is 7. The zero-order chi connectivity index (χ0) is 22.3. The van der Waals surface area contributed by atoms with E-state index in [0.29, 0.717) is 5.56 Å². The number of nitriles is 1. The maximum absolute atomic E-state index is 12.4. The molecule has 0 aliphatic heterocycles. The Bertz CT molecular complexity index is 1070. The number of methoxy groups -OCH3 is 1. The molecule has 10 heteroatoms. The van der Waals surface area contributed by atoms with Crippen molar-refractivity contribution in [3.8, 4) is 17.6 Å². The molecular weight excluding hydrogens is 416 g/mol. The van der Waals surface area contributed by atoms with Crippen LogP contribution < -0.4 is 9.47 Å². The molecule has 0 amide bonds. The van der Waals surface area contributed by atoms with Crippen molar-refractivity contribution in [2.45, 2.75) is 6.92 Å². The van der Waals surface area contributed by atoms with E-state index in [1.807, 2.05) is 0 Å². The van der Waals surface area contributed by atoms with Crippen molar-refractivity contribution in [3.63, 3.8) is 0 Å². The van der Waals surface area contributed by atoms with Crippen LogP contribution in [0.3, 0.4) is 0 Å². The minimum absolute atomic E-state index is 0.0110. The molecule has 0 radical (unpaired) electrons. The number of nitrogens with zero attached hydrogens (tertiary/aromatic N) is 2. The Hall–Kier alpha value is -3.90. The van der Waals surface area contributed by atoms with Gasteiger partial charge in [0.05, 0.1) is 29.2 Å². The van der Waals surface area contributed by atoms with E-state index in [-0.39, 0.29) is 40.0 Å². The third-order valence-electron chi connectivity index (χ3n) is 3.70. The molecule has 0 spiro atoms. The minimum Gasteiger partial charge on any atom is -0.493 e. The molecule has 0 unspecified atom stereocenters. The quantitative estimate of drug-likeness (QED) is 0.161. The monoisotopic (exact) mass is 430 g/mol. The molecule has 9 nitrogen and oxygen atoms in total. The number of ether oxygens (including phenoxy) is 3. The summed E-state index contributed by atoms with van der Waals surface area (Å²) in [5.41, 5.74) is -0.301. The van der Waals surface area contributed by atoms with Crippen LogP contribution in [0.2, 0.25) is 5.02 Å². The maximum Gasteiger partial charge on any atom is 0.348 e. The number of carbonyl (C=O) groups is 2. The fourth-order valence-corrected chi connectivity index (χ4v) is 2.50. The van der Waals surface area contributed by atoms with Crippen LogP contribution in [0.5, 0.6) is 11.5 Å². The Morgan fingerprint density at radius 2 is 1.97 bits per heavy atom. The van der Waals surface area contributed by atoms with Crippen molar-refractivity contribution in [3.05, 3.63) is 68.2 Å². The standard InChI is InChI=1S/C20H15ClN2O7/c1-3-29-19(24)13(11-22)8-12-4-7-17(18(9-12)28-2)30-20(25)15-10-14(23(26)27)5-6-16(15)21/h4-10H,3H2,1-2H3/b13-8+. The van der Waals surface area contributed by atoms with Gasteiger partial charge in [0, 0.05) is 12.1 Å². The number of benzene rings is 2. The summed E-state index contributed by atoms with van der Waals surface area (Å²) in [5.74, 6) is -1.55. The van der Waals surface area contributed by atoms with Gasteiger partial charge in [0.25, 0.3) is 5.69 Å². The number of halogens is 1. The third-order valence-corrected chi connectivity index (χ3v) is 4.03. The first kappa shape index (κ1) is 22.4. The van der Waals surface area contributed by atoms with Crippen LogP contribution in [0.25, 0.3) is 6.08 Å². The Labute approximate surface area is 176 Å². The van der Waals surface area contributed by atoms with Crippen LogP contribution in [0.15, 0.2) is 42.0 Å². The number of nitro benzene ring substituents is 1. The fraction of sp³-hybridized carbons (Fsp3) is 0.150. The second-order valence-corrected chi connectivity index (χ2v) is 6.02. The number of carbonyl (C=O) groups excluding carboxylic acids is 2. The van der Waals surface area contributed by atoms with Crippen LogP contribution in [-0.2, 0) is 9.53 Å². The highest BCUT2D eigenvalue weighted by atomic mass is 35.5. The number of non-ortho nitro benzene ring substituents is 1. The van der Waals surface area contributed by atoms with Crippen LogP contribution in [0.1, 0.15) is 22.8 Å². The van der Waals surface area contributed by atoms with E-state index in [1.54, 1.807) is 13.0 Å². The summed E-state index contributed by atoms with van der Waals surface area (Å²) in [7, 11) is 1.33. The molecule has 0 saturated heterocycles. The lowest BCUT2D eigenvalue weighted by molar-refractivity contribution is -0.384. The molecule has 0 N–H and O–H groups in total. The molecule has 0 fully saturated rings. The molecule has 154 valence electrons. The predicted molar refractivity (Wildman–Crippen MR) is 106 cm³/mol. The van der Waals surface area contributed by atoms with Gasteiger partial charge in [-0.1, -0.05) is 17.7 Å². The van der Waals surface area contributed by atoms with Crippen molar-refractivity contribution in [2.75, 3.05) is 13.7 Å². The normalized spacial score (nSPS) is 10.7. The van der Waals surface area contributed by atoms with E-state index in [1.165, 1.54) is 37.5 Å². The lowest BCUT2D eigenvalue weighted by Crippen LogP contribution is -2.10. The van der Waals surface area contributed by atoms with Gasteiger partial charge < -0.3 is 14.2 Å². The first-order chi connectivity index (χ1) is 14.3. The molecule has 0 saturated carbocycles. The van der Waals surface area contributed by atoms with Gasteiger partial charge in [0.2, 0.25) is 0 Å². The van der Waals surface area contributed by atoms with Crippen LogP contribution in [-0.4, -0.2) is 30.6 Å². The van der Waals surface area contributed by atoms with E-state index < -0.39 is 16.9 Å². The molecular formula is C20H15ClN2O7. The number of nitro groups is 1. The zero-order valence-electron chi connectivity index (χ0n) is 15.9. The molecule has 30 heavy (non-hydrogen) atoms. The average molecular weight is 431 g/mol. The van der Waals surface area contributed by atoms with Crippen molar-refractivity contribution in [1.82, 2.24) is 0 Å². The highest BCUT2D eigenvalue weighted by molar-refractivity contribution is 6.33. The predicted octanol–water partition coefficient (Wildman–Crippen LogP) is 3.95. The van der Waals surface area contributed by atoms with Crippen LogP contribution in [0.4, 0.5) is 5.69 Å². The van der Waals surface area contributed by atoms with Gasteiger partial charge >= 0.3 is 11.9 Å². The Morgan fingerprint density at radius 1 is 1.23 bits per heavy atom. The SMILES string of the molecule is CCOC(=O)/C(C#N)=C/c1ccc(OC(=O)c2cc([N+](=O)[O-])ccc2Cl)c(OC)c1. The summed E-state index contributed by atoms with van der Waals surface area (Å²) in [6.07, 6.45) is 1.30. The summed E-state index contributed by atoms with van der Waals surface area (Å²) in [4.78, 5) is 34.4. The van der Waals surface area contributed by atoms with E-state index >= 15 is 0 Å². The van der Waals surface area contributed by atoms with Gasteiger partial charge in [-0.2, -0.15) is 5.26 Å². The highest BCUT2D eigenvalue weighted by Gasteiger charge is 2.19. The zero-order valence-corrected chi connectivity index (χ0v) is 16.6. The van der Waals surface area contributed by atoms with Crippen molar-refractivity contribution in [1.29, 1.82) is 5.26 Å². The largest absolute Gasteiger partial charge is 0.493 e. The van der Waals surface area contributed by atoms with Crippen molar-refractivity contribution < 1.29 is 28.7 Å². The first-order valence-electron chi connectivity index (χ1n) is 8.43. The smallest absolute Gasteiger partial charge is 0.348 e. The molecule has 2 rings (SSSR count). The molecule has 2 aromatic carbocycles. The fourth-order valence-electron chi connectivity index (χ4n) is 2.31. The van der Waals surface area contributed by atoms with Gasteiger partial charge in [-0.25, -0.2) is 9.59 Å². The van der Waals surface area contributed by atoms with Crippen molar-refractivity contribution >= 4 is 35.3 Å². The third kappa shape index (κ3) is 5.33. The van der Waals surface area contributed by atoms with Gasteiger partial charge in [-0.05, 0) is 36.8 Å². The number of hydrogen-bond donors (Lipinski definition) is 0. The highest BCUT2D eigenvalue weighted by Crippen LogP contribution is 2.31. The molecule has 0 aliphatic rings. The minimum atomic E-state index is -0.922. The van der Waals surface area contributed by atoms with E-state index in [2.05, 4.69) is 0 Å². The van der Waals surface area contributed by atoms with Crippen LogP contribution >= 0.6 is 11.6 Å². The van der Waals surface area contributed by atoms with E-state index in [4.69, 9.17) is 31.1 Å². The molecule has 0 bridgehead atoms. The lowest BCUT2D eigenvalue weighted by atomic mass is 10.1. The molecule has 0 aliphatic carbocycles. The Kier molecular flexibility index (Phi) is 7.50. The summed E-state index contributed by atoms with van der Waals surface area (Å²) in [6, 6.07) is 9.45. The summed E-state index contributed by atoms with van der Waals surface area (Å²) >= 11 is 5.95. The molecule has 0 atom stereocenters. The van der Waals surface area contributed by atoms with Crippen molar-refractivity contribution in [2.24, 2.45) is 0 Å². The van der Waals surface area contributed by atoms with Gasteiger partial charge in [-0.3, -0.25) is 10.1 Å². The van der Waals surface area contributed by atoms with Gasteiger partial charge in [-0.15, -0.1) is 0 Å². The topological polar surface area (TPSA) is 129 Å². The van der Waals surface area contributed by atoms with E-state index in [0.717, 1.165) is 12.1 Å². The maximum atomic E-state index is 12.4. The molecule has 0 aromatic heterocycles. The average Bonchev–Trinajstić information content (AvgIpc) is 2.72. The summed E-state index contributed by atoms with van der Waals surface area (Å²) < 4.78 is 15.2. The Balaban J connectivity index is 2.33. The number of esters is 2.